The minimum Gasteiger partial charge on any atom is -0.307 e. The molecule has 0 aromatic heterocycles. The summed E-state index contributed by atoms with van der Waals surface area (Å²) < 4.78 is 0. The molecule has 1 aliphatic heterocycles. The second kappa shape index (κ2) is 5.36. The van der Waals surface area contributed by atoms with Gasteiger partial charge in [0.1, 0.15) is 0 Å². The van der Waals surface area contributed by atoms with Crippen LogP contribution in [-0.4, -0.2) is 12.1 Å². The van der Waals surface area contributed by atoms with E-state index >= 15 is 0 Å². The van der Waals surface area contributed by atoms with Crippen molar-refractivity contribution in [2.75, 3.05) is 0 Å². The van der Waals surface area contributed by atoms with Crippen molar-refractivity contribution in [2.45, 2.75) is 58.0 Å². The Morgan fingerprint density at radius 1 is 1.25 bits per heavy atom. The van der Waals surface area contributed by atoms with Gasteiger partial charge in [-0.3, -0.25) is 0 Å². The minimum atomic E-state index is 0.653. The van der Waals surface area contributed by atoms with E-state index in [1.165, 1.54) is 32.1 Å². The number of hydrogen-bond acceptors (Lipinski definition) is 1. The first-order valence-corrected chi connectivity index (χ1v) is 5.29. The molecule has 0 radical (unpaired) electrons. The van der Waals surface area contributed by atoms with Crippen LogP contribution in [0.15, 0.2) is 12.2 Å². The van der Waals surface area contributed by atoms with Crippen LogP contribution in [0, 0.1) is 0 Å². The Morgan fingerprint density at radius 3 is 2.67 bits per heavy atom. The highest BCUT2D eigenvalue weighted by Gasteiger charge is 2.14. The Balaban J connectivity index is 2.29. The van der Waals surface area contributed by atoms with Gasteiger partial charge in [0.15, 0.2) is 0 Å². The third-order valence-electron chi connectivity index (χ3n) is 2.48. The van der Waals surface area contributed by atoms with E-state index in [2.05, 4.69) is 31.3 Å². The molecule has 1 rings (SSSR count). The second-order valence-corrected chi connectivity index (χ2v) is 3.71. The van der Waals surface area contributed by atoms with Crippen LogP contribution in [0.3, 0.4) is 0 Å². The fourth-order valence-corrected chi connectivity index (χ4v) is 1.87. The molecule has 1 N–H and O–H groups in total. The Bertz CT molecular complexity index is 140. The summed E-state index contributed by atoms with van der Waals surface area (Å²) in [6.45, 7) is 4.51. The van der Waals surface area contributed by atoms with E-state index in [0.29, 0.717) is 6.04 Å². The molecule has 0 aromatic rings. The highest BCUT2D eigenvalue weighted by molar-refractivity contribution is 5.01. The summed E-state index contributed by atoms with van der Waals surface area (Å²) in [7, 11) is 0. The summed E-state index contributed by atoms with van der Waals surface area (Å²) in [4.78, 5) is 0. The van der Waals surface area contributed by atoms with Crippen LogP contribution in [0.2, 0.25) is 0 Å². The van der Waals surface area contributed by atoms with Crippen LogP contribution in [0.5, 0.6) is 0 Å². The summed E-state index contributed by atoms with van der Waals surface area (Å²) in [5, 5.41) is 3.67. The van der Waals surface area contributed by atoms with Crippen molar-refractivity contribution in [1.82, 2.24) is 5.32 Å². The van der Waals surface area contributed by atoms with Crippen molar-refractivity contribution in [2.24, 2.45) is 0 Å². The average molecular weight is 167 g/mol. The van der Waals surface area contributed by atoms with E-state index in [9.17, 15) is 0 Å². The van der Waals surface area contributed by atoms with Crippen molar-refractivity contribution >= 4 is 0 Å². The second-order valence-electron chi connectivity index (χ2n) is 3.71. The van der Waals surface area contributed by atoms with Crippen LogP contribution in [0.1, 0.15) is 46.0 Å². The third-order valence-corrected chi connectivity index (χ3v) is 2.48. The van der Waals surface area contributed by atoms with Gasteiger partial charge in [-0.25, -0.2) is 0 Å². The van der Waals surface area contributed by atoms with E-state index in [-0.39, 0.29) is 0 Å². The fourth-order valence-electron chi connectivity index (χ4n) is 1.87. The van der Waals surface area contributed by atoms with Gasteiger partial charge in [-0.15, -0.1) is 0 Å². The van der Waals surface area contributed by atoms with Crippen molar-refractivity contribution in [3.05, 3.63) is 12.2 Å². The summed E-state index contributed by atoms with van der Waals surface area (Å²) in [6, 6.07) is 1.40. The predicted molar refractivity (Wildman–Crippen MR) is 54.3 cm³/mol. The fraction of sp³-hybridized carbons (Fsp3) is 0.818. The van der Waals surface area contributed by atoms with Crippen LogP contribution in [-0.2, 0) is 0 Å². The molecule has 70 valence electrons. The normalized spacial score (nSPS) is 29.2. The van der Waals surface area contributed by atoms with Gasteiger partial charge in [0.25, 0.3) is 0 Å². The molecule has 0 amide bonds. The maximum Gasteiger partial charge on any atom is 0.0252 e. The van der Waals surface area contributed by atoms with E-state index in [1.54, 1.807) is 0 Å². The lowest BCUT2D eigenvalue weighted by molar-refractivity contribution is 0.410. The highest BCUT2D eigenvalue weighted by atomic mass is 14.9. The van der Waals surface area contributed by atoms with Crippen LogP contribution >= 0.6 is 0 Å². The summed E-state index contributed by atoms with van der Waals surface area (Å²) in [5.74, 6) is 0. The van der Waals surface area contributed by atoms with Gasteiger partial charge in [-0.1, -0.05) is 38.8 Å². The smallest absolute Gasteiger partial charge is 0.0252 e. The van der Waals surface area contributed by atoms with Gasteiger partial charge in [-0.2, -0.15) is 0 Å². The first kappa shape index (κ1) is 9.79. The molecule has 1 aliphatic rings. The number of nitrogens with one attached hydrogen (secondary N) is 1. The van der Waals surface area contributed by atoms with Crippen molar-refractivity contribution in [1.29, 1.82) is 0 Å². The third kappa shape index (κ3) is 2.98. The molecule has 1 heteroatoms. The summed E-state index contributed by atoms with van der Waals surface area (Å²) in [6.07, 6.45) is 11.1. The first-order valence-electron chi connectivity index (χ1n) is 5.29. The van der Waals surface area contributed by atoms with Crippen LogP contribution in [0.4, 0.5) is 0 Å². The first-order chi connectivity index (χ1) is 5.86. The number of rotatable bonds is 4. The largest absolute Gasteiger partial charge is 0.307 e. The van der Waals surface area contributed by atoms with Crippen LogP contribution < -0.4 is 5.32 Å². The molecule has 0 spiro atoms. The molecule has 2 atom stereocenters. The van der Waals surface area contributed by atoms with Gasteiger partial charge in [0.2, 0.25) is 0 Å². The van der Waals surface area contributed by atoms with Gasteiger partial charge in [0, 0.05) is 12.1 Å². The lowest BCUT2D eigenvalue weighted by Crippen LogP contribution is -2.39. The Labute approximate surface area is 76.2 Å². The summed E-state index contributed by atoms with van der Waals surface area (Å²) in [5.41, 5.74) is 0. The Hall–Kier alpha value is -0.300. The van der Waals surface area contributed by atoms with E-state index < -0.39 is 0 Å². The van der Waals surface area contributed by atoms with E-state index in [4.69, 9.17) is 0 Å². The summed E-state index contributed by atoms with van der Waals surface area (Å²) >= 11 is 0. The van der Waals surface area contributed by atoms with Gasteiger partial charge < -0.3 is 5.32 Å². The topological polar surface area (TPSA) is 12.0 Å². The molecule has 12 heavy (non-hydrogen) atoms. The molecule has 0 aliphatic carbocycles. The van der Waals surface area contributed by atoms with E-state index in [0.717, 1.165) is 6.04 Å². The average Bonchev–Trinajstić information content (AvgIpc) is 2.06. The van der Waals surface area contributed by atoms with Crippen LogP contribution in [0.25, 0.3) is 0 Å². The zero-order valence-corrected chi connectivity index (χ0v) is 8.34. The van der Waals surface area contributed by atoms with Gasteiger partial charge >= 0.3 is 0 Å². The Kier molecular flexibility index (Phi) is 4.37. The molecule has 1 nitrogen and oxygen atoms in total. The molecular weight excluding hydrogens is 146 g/mol. The molecule has 0 unspecified atom stereocenters. The van der Waals surface area contributed by atoms with Crippen molar-refractivity contribution < 1.29 is 0 Å². The molecule has 0 saturated heterocycles. The molecule has 0 saturated carbocycles. The molecular formula is C11H21N. The molecule has 0 fully saturated rings. The molecule has 0 aromatic carbocycles. The monoisotopic (exact) mass is 167 g/mol. The maximum absolute atomic E-state index is 3.67. The maximum atomic E-state index is 3.67. The highest BCUT2D eigenvalue weighted by Crippen LogP contribution is 2.12. The molecule has 0 bridgehead atoms. The number of hydrogen-bond donors (Lipinski definition) is 1. The van der Waals surface area contributed by atoms with Crippen molar-refractivity contribution in [3.63, 3.8) is 0 Å². The molecule has 1 heterocycles. The lowest BCUT2D eigenvalue weighted by Gasteiger charge is -2.26. The Morgan fingerprint density at radius 2 is 2.00 bits per heavy atom. The zero-order chi connectivity index (χ0) is 8.81. The minimum absolute atomic E-state index is 0.653. The van der Waals surface area contributed by atoms with Gasteiger partial charge in [-0.05, 0) is 19.3 Å². The zero-order valence-electron chi connectivity index (χ0n) is 8.34. The van der Waals surface area contributed by atoms with E-state index in [1.807, 2.05) is 0 Å². The lowest BCUT2D eigenvalue weighted by atomic mass is 10.00. The van der Waals surface area contributed by atoms with Crippen molar-refractivity contribution in [3.8, 4) is 0 Å². The SMILES string of the molecule is CCC[C@H]1CC=C[C@H](CCC)N1. The van der Waals surface area contributed by atoms with Gasteiger partial charge in [0.05, 0.1) is 0 Å². The predicted octanol–water partition coefficient (Wildman–Crippen LogP) is 2.87. The quantitative estimate of drug-likeness (QED) is 0.635. The standard InChI is InChI=1S/C11H21N/c1-3-6-10-8-5-9-11(12-10)7-4-2/h5,8,10-12H,3-4,6-7,9H2,1-2H3/t10-,11-/m0/s1.